The summed E-state index contributed by atoms with van der Waals surface area (Å²) in [6.07, 6.45) is 2.24. The zero-order valence-electron chi connectivity index (χ0n) is 13.3. The Morgan fingerprint density at radius 1 is 1.33 bits per heavy atom. The van der Waals surface area contributed by atoms with Crippen molar-refractivity contribution in [2.75, 3.05) is 27.2 Å². The summed E-state index contributed by atoms with van der Waals surface area (Å²) < 4.78 is 26.2. The molecule has 0 spiro atoms. The molecule has 1 aromatic carbocycles. The molecule has 0 amide bonds. The van der Waals surface area contributed by atoms with Crippen LogP contribution in [0.15, 0.2) is 23.2 Å². The van der Waals surface area contributed by atoms with Crippen LogP contribution < -0.4 is 5.32 Å². The summed E-state index contributed by atoms with van der Waals surface area (Å²) >= 11 is 0. The second-order valence-corrected chi connectivity index (χ2v) is 5.28. The number of unbranched alkanes of at least 4 members (excludes halogenated alkanes) is 1. The fourth-order valence-electron chi connectivity index (χ4n) is 2.07. The summed E-state index contributed by atoms with van der Waals surface area (Å²) in [5, 5.41) is 3.27. The van der Waals surface area contributed by atoms with E-state index < -0.39 is 11.6 Å². The molecule has 118 valence electrons. The number of nitrogens with zero attached hydrogens (tertiary/aromatic N) is 2. The second-order valence-electron chi connectivity index (χ2n) is 5.28. The lowest BCUT2D eigenvalue weighted by atomic mass is 10.0. The van der Waals surface area contributed by atoms with Crippen LogP contribution in [0.25, 0.3) is 0 Å². The Bertz CT molecular complexity index is 475. The highest BCUT2D eigenvalue weighted by atomic mass is 19.2. The summed E-state index contributed by atoms with van der Waals surface area (Å²) in [4.78, 5) is 6.31. The van der Waals surface area contributed by atoms with E-state index in [1.54, 1.807) is 13.1 Å². The van der Waals surface area contributed by atoms with Crippen LogP contribution in [0.1, 0.15) is 38.2 Å². The molecule has 0 aliphatic carbocycles. The molecule has 0 aliphatic heterocycles. The first kappa shape index (κ1) is 17.4. The van der Waals surface area contributed by atoms with Crippen LogP contribution in [-0.2, 0) is 0 Å². The van der Waals surface area contributed by atoms with E-state index in [1.807, 2.05) is 14.0 Å². The van der Waals surface area contributed by atoms with Gasteiger partial charge < -0.3 is 10.2 Å². The molecule has 0 bridgehead atoms. The van der Waals surface area contributed by atoms with Crippen LogP contribution in [0.4, 0.5) is 8.78 Å². The lowest BCUT2D eigenvalue weighted by Crippen LogP contribution is -2.40. The molecule has 1 aromatic rings. The lowest BCUT2D eigenvalue weighted by Gasteiger charge is -2.23. The van der Waals surface area contributed by atoms with Gasteiger partial charge in [0.25, 0.3) is 0 Å². The molecule has 0 saturated heterocycles. The van der Waals surface area contributed by atoms with Crippen LogP contribution in [0, 0.1) is 11.6 Å². The van der Waals surface area contributed by atoms with E-state index >= 15 is 0 Å². The molecule has 0 saturated carbocycles. The molecule has 3 nitrogen and oxygen atoms in total. The van der Waals surface area contributed by atoms with Gasteiger partial charge >= 0.3 is 0 Å². The van der Waals surface area contributed by atoms with Crippen molar-refractivity contribution in [1.29, 1.82) is 0 Å². The van der Waals surface area contributed by atoms with Gasteiger partial charge in [-0.3, -0.25) is 4.99 Å². The molecule has 1 N–H and O–H groups in total. The van der Waals surface area contributed by atoms with Crippen molar-refractivity contribution < 1.29 is 8.78 Å². The van der Waals surface area contributed by atoms with E-state index in [2.05, 4.69) is 22.1 Å². The lowest BCUT2D eigenvalue weighted by molar-refractivity contribution is 0.462. The minimum absolute atomic E-state index is 0.0661. The topological polar surface area (TPSA) is 27.6 Å². The molecule has 1 rings (SSSR count). The van der Waals surface area contributed by atoms with E-state index in [0.717, 1.165) is 30.9 Å². The molecule has 0 radical (unpaired) electrons. The van der Waals surface area contributed by atoms with Crippen molar-refractivity contribution in [2.45, 2.75) is 32.6 Å². The normalized spacial score (nSPS) is 13.1. The van der Waals surface area contributed by atoms with Gasteiger partial charge in [0.05, 0.1) is 0 Å². The molecule has 5 heteroatoms. The average molecular weight is 297 g/mol. The Morgan fingerprint density at radius 3 is 2.62 bits per heavy atom. The Kier molecular flexibility index (Phi) is 7.12. The van der Waals surface area contributed by atoms with Gasteiger partial charge in [-0.2, -0.15) is 0 Å². The number of benzene rings is 1. The van der Waals surface area contributed by atoms with Crippen molar-refractivity contribution in [3.63, 3.8) is 0 Å². The van der Waals surface area contributed by atoms with Gasteiger partial charge in [-0.25, -0.2) is 8.78 Å². The maximum atomic E-state index is 13.2. The highest BCUT2D eigenvalue weighted by molar-refractivity contribution is 5.79. The van der Waals surface area contributed by atoms with Crippen molar-refractivity contribution in [2.24, 2.45) is 4.99 Å². The SMILES string of the molecule is CCCCN(C)C(=NC)NCC(C)c1ccc(F)c(F)c1. The smallest absolute Gasteiger partial charge is 0.193 e. The number of guanidine groups is 1. The third kappa shape index (κ3) is 5.33. The summed E-state index contributed by atoms with van der Waals surface area (Å²) in [5.41, 5.74) is 0.771. The Balaban J connectivity index is 2.57. The van der Waals surface area contributed by atoms with Gasteiger partial charge in [0.2, 0.25) is 0 Å². The maximum absolute atomic E-state index is 13.2. The van der Waals surface area contributed by atoms with E-state index in [9.17, 15) is 8.78 Å². The minimum atomic E-state index is -0.811. The number of halogens is 2. The van der Waals surface area contributed by atoms with Crippen molar-refractivity contribution in [3.05, 3.63) is 35.4 Å². The molecular formula is C16H25F2N3. The standard InChI is InChI=1S/C16H25F2N3/c1-5-6-9-21(4)16(19-3)20-11-12(2)13-7-8-14(17)15(18)10-13/h7-8,10,12H,5-6,9,11H2,1-4H3,(H,19,20). The van der Waals surface area contributed by atoms with E-state index in [4.69, 9.17) is 0 Å². The monoisotopic (exact) mass is 297 g/mol. The average Bonchev–Trinajstić information content (AvgIpc) is 2.48. The van der Waals surface area contributed by atoms with E-state index in [0.29, 0.717) is 6.54 Å². The molecule has 21 heavy (non-hydrogen) atoms. The first-order valence-corrected chi connectivity index (χ1v) is 7.36. The first-order chi connectivity index (χ1) is 9.99. The number of hydrogen-bond donors (Lipinski definition) is 1. The van der Waals surface area contributed by atoms with Gasteiger partial charge in [0.15, 0.2) is 17.6 Å². The van der Waals surface area contributed by atoms with Gasteiger partial charge in [-0.05, 0) is 30.0 Å². The zero-order valence-corrected chi connectivity index (χ0v) is 13.3. The Labute approximate surface area is 126 Å². The van der Waals surface area contributed by atoms with Crippen LogP contribution in [0.5, 0.6) is 0 Å². The molecular weight excluding hydrogens is 272 g/mol. The molecule has 0 aromatic heterocycles. The van der Waals surface area contributed by atoms with Gasteiger partial charge in [-0.15, -0.1) is 0 Å². The number of aliphatic imine (C=N–C) groups is 1. The quantitative estimate of drug-likeness (QED) is 0.644. The summed E-state index contributed by atoms with van der Waals surface area (Å²) in [6.45, 7) is 5.68. The zero-order chi connectivity index (χ0) is 15.8. The van der Waals surface area contributed by atoms with Crippen LogP contribution in [0.2, 0.25) is 0 Å². The molecule has 0 heterocycles. The first-order valence-electron chi connectivity index (χ1n) is 7.36. The predicted octanol–water partition coefficient (Wildman–Crippen LogP) is 3.38. The third-order valence-corrected chi connectivity index (χ3v) is 3.50. The second kappa shape index (κ2) is 8.60. The Morgan fingerprint density at radius 2 is 2.05 bits per heavy atom. The van der Waals surface area contributed by atoms with Crippen molar-refractivity contribution >= 4 is 5.96 Å². The molecule has 0 fully saturated rings. The largest absolute Gasteiger partial charge is 0.356 e. The van der Waals surface area contributed by atoms with Crippen LogP contribution in [0.3, 0.4) is 0 Å². The summed E-state index contributed by atoms with van der Waals surface area (Å²) in [6, 6.07) is 4.04. The molecule has 0 aliphatic rings. The maximum Gasteiger partial charge on any atom is 0.193 e. The summed E-state index contributed by atoms with van der Waals surface area (Å²) in [7, 11) is 3.74. The number of nitrogens with one attached hydrogen (secondary N) is 1. The molecule has 1 atom stereocenters. The van der Waals surface area contributed by atoms with Crippen molar-refractivity contribution in [1.82, 2.24) is 10.2 Å². The molecule has 1 unspecified atom stereocenters. The number of rotatable bonds is 6. The third-order valence-electron chi connectivity index (χ3n) is 3.50. The van der Waals surface area contributed by atoms with E-state index in [-0.39, 0.29) is 5.92 Å². The minimum Gasteiger partial charge on any atom is -0.356 e. The van der Waals surface area contributed by atoms with Crippen LogP contribution in [-0.4, -0.2) is 38.0 Å². The highest BCUT2D eigenvalue weighted by Crippen LogP contribution is 2.17. The predicted molar refractivity (Wildman–Crippen MR) is 83.7 cm³/mol. The van der Waals surface area contributed by atoms with Crippen molar-refractivity contribution in [3.8, 4) is 0 Å². The highest BCUT2D eigenvalue weighted by Gasteiger charge is 2.11. The van der Waals surface area contributed by atoms with Crippen LogP contribution >= 0.6 is 0 Å². The van der Waals surface area contributed by atoms with Gasteiger partial charge in [0.1, 0.15) is 0 Å². The Hall–Kier alpha value is -1.65. The fraction of sp³-hybridized carbons (Fsp3) is 0.562. The number of hydrogen-bond acceptors (Lipinski definition) is 1. The van der Waals surface area contributed by atoms with E-state index in [1.165, 1.54) is 12.1 Å². The fourth-order valence-corrected chi connectivity index (χ4v) is 2.07. The van der Waals surface area contributed by atoms with Gasteiger partial charge in [0, 0.05) is 27.2 Å². The summed E-state index contributed by atoms with van der Waals surface area (Å²) in [5.74, 6) is -0.730. The van der Waals surface area contributed by atoms with Gasteiger partial charge in [-0.1, -0.05) is 26.3 Å².